The molecule has 98 valence electrons. The summed E-state index contributed by atoms with van der Waals surface area (Å²) in [5.41, 5.74) is 14.2. The van der Waals surface area contributed by atoms with E-state index in [9.17, 15) is 0 Å². The quantitative estimate of drug-likeness (QED) is 0.652. The summed E-state index contributed by atoms with van der Waals surface area (Å²) in [6, 6.07) is 7.85. The number of para-hydroxylation sites is 1. The van der Waals surface area contributed by atoms with Gasteiger partial charge in [0.05, 0.1) is 5.52 Å². The molecule has 0 spiro atoms. The lowest BCUT2D eigenvalue weighted by molar-refractivity contribution is 0.505. The summed E-state index contributed by atoms with van der Waals surface area (Å²) in [5.74, 6) is 1.31. The molecule has 0 aliphatic carbocycles. The largest absolute Gasteiger partial charge is 0.382 e. The van der Waals surface area contributed by atoms with Crippen LogP contribution >= 0.6 is 0 Å². The fraction of sp³-hybridized carbons (Fsp3) is 0.286. The minimum Gasteiger partial charge on any atom is -0.382 e. The van der Waals surface area contributed by atoms with E-state index < -0.39 is 0 Å². The lowest BCUT2D eigenvalue weighted by atomic mass is 10.0. The Hall–Kier alpha value is -2.14. The van der Waals surface area contributed by atoms with Crippen LogP contribution in [0.3, 0.4) is 0 Å². The molecule has 0 atom stereocenters. The number of benzene rings is 1. The van der Waals surface area contributed by atoms with E-state index in [0.717, 1.165) is 27.8 Å². The van der Waals surface area contributed by atoms with E-state index in [-0.39, 0.29) is 5.54 Å². The molecule has 0 unspecified atom stereocenters. The Kier molecular flexibility index (Phi) is 2.46. The molecule has 5 N–H and O–H groups in total. The Morgan fingerprint density at radius 3 is 2.68 bits per heavy atom. The zero-order chi connectivity index (χ0) is 13.6. The van der Waals surface area contributed by atoms with Crippen molar-refractivity contribution < 1.29 is 0 Å². The van der Waals surface area contributed by atoms with E-state index in [1.807, 2.05) is 38.1 Å². The van der Waals surface area contributed by atoms with Crippen LogP contribution in [0.1, 0.15) is 19.7 Å². The molecular formula is C14H17N5. The number of pyridine rings is 1. The monoisotopic (exact) mass is 255 g/mol. The predicted molar refractivity (Wildman–Crippen MR) is 77.8 cm³/mol. The summed E-state index contributed by atoms with van der Waals surface area (Å²) in [6.45, 7) is 3.94. The first kappa shape index (κ1) is 11.9. The van der Waals surface area contributed by atoms with Crippen molar-refractivity contribution >= 4 is 27.8 Å². The van der Waals surface area contributed by atoms with Gasteiger partial charge in [-0.25, -0.2) is 9.97 Å². The van der Waals surface area contributed by atoms with Crippen LogP contribution in [0.4, 0.5) is 5.82 Å². The second-order valence-corrected chi connectivity index (χ2v) is 5.59. The van der Waals surface area contributed by atoms with Gasteiger partial charge in [0.15, 0.2) is 0 Å². The molecule has 1 aromatic carbocycles. The molecule has 0 aliphatic rings. The SMILES string of the molecule is CC(C)(N)Cc1nc2c([nH]1)c(N)nc1ccccc12. The first-order valence-corrected chi connectivity index (χ1v) is 6.26. The molecule has 0 amide bonds. The first-order valence-electron chi connectivity index (χ1n) is 6.26. The van der Waals surface area contributed by atoms with Crippen molar-refractivity contribution in [2.24, 2.45) is 5.73 Å². The second kappa shape index (κ2) is 3.93. The third-order valence-electron chi connectivity index (χ3n) is 3.03. The number of H-pyrrole nitrogens is 1. The van der Waals surface area contributed by atoms with Crippen molar-refractivity contribution in [2.75, 3.05) is 5.73 Å². The Morgan fingerprint density at radius 2 is 1.95 bits per heavy atom. The van der Waals surface area contributed by atoms with E-state index in [1.54, 1.807) is 0 Å². The smallest absolute Gasteiger partial charge is 0.150 e. The molecule has 2 aromatic heterocycles. The van der Waals surface area contributed by atoms with Gasteiger partial charge in [0.1, 0.15) is 22.7 Å². The summed E-state index contributed by atoms with van der Waals surface area (Å²) in [6.07, 6.45) is 0.662. The van der Waals surface area contributed by atoms with Gasteiger partial charge in [-0.1, -0.05) is 18.2 Å². The number of aromatic nitrogens is 3. The molecule has 5 nitrogen and oxygen atoms in total. The lowest BCUT2D eigenvalue weighted by Crippen LogP contribution is -2.34. The molecule has 2 heterocycles. The number of hydrogen-bond donors (Lipinski definition) is 3. The number of nitrogens with two attached hydrogens (primary N) is 2. The van der Waals surface area contributed by atoms with Crippen molar-refractivity contribution in [3.63, 3.8) is 0 Å². The molecule has 3 aromatic rings. The van der Waals surface area contributed by atoms with Gasteiger partial charge in [0.25, 0.3) is 0 Å². The van der Waals surface area contributed by atoms with Gasteiger partial charge >= 0.3 is 0 Å². The molecule has 19 heavy (non-hydrogen) atoms. The number of rotatable bonds is 2. The van der Waals surface area contributed by atoms with Crippen molar-refractivity contribution in [2.45, 2.75) is 25.8 Å². The normalized spacial score (nSPS) is 12.4. The Labute approximate surface area is 111 Å². The highest BCUT2D eigenvalue weighted by atomic mass is 15.0. The second-order valence-electron chi connectivity index (χ2n) is 5.59. The minimum atomic E-state index is -0.314. The highest BCUT2D eigenvalue weighted by Gasteiger charge is 2.17. The predicted octanol–water partition coefficient (Wildman–Crippen LogP) is 1.97. The zero-order valence-electron chi connectivity index (χ0n) is 11.1. The number of nitrogens with zero attached hydrogens (tertiary/aromatic N) is 2. The van der Waals surface area contributed by atoms with Gasteiger partial charge in [-0.05, 0) is 19.9 Å². The van der Waals surface area contributed by atoms with Crippen molar-refractivity contribution in [3.8, 4) is 0 Å². The van der Waals surface area contributed by atoms with E-state index >= 15 is 0 Å². The maximum atomic E-state index is 6.03. The third-order valence-corrected chi connectivity index (χ3v) is 3.03. The number of nitrogens with one attached hydrogen (secondary N) is 1. The van der Waals surface area contributed by atoms with Crippen LogP contribution in [0, 0.1) is 0 Å². The fourth-order valence-electron chi connectivity index (χ4n) is 2.27. The first-order chi connectivity index (χ1) is 8.94. The number of nitrogen functional groups attached to an aromatic ring is 1. The number of aromatic amines is 1. The van der Waals surface area contributed by atoms with Crippen molar-refractivity contribution in [3.05, 3.63) is 30.1 Å². The number of anilines is 1. The highest BCUT2D eigenvalue weighted by molar-refractivity contribution is 6.06. The van der Waals surface area contributed by atoms with Gasteiger partial charge < -0.3 is 16.5 Å². The molecule has 3 rings (SSSR count). The average molecular weight is 255 g/mol. The van der Waals surface area contributed by atoms with Crippen LogP contribution in [0.5, 0.6) is 0 Å². The van der Waals surface area contributed by atoms with Gasteiger partial charge in [0, 0.05) is 17.3 Å². The summed E-state index contributed by atoms with van der Waals surface area (Å²) >= 11 is 0. The third kappa shape index (κ3) is 2.13. The van der Waals surface area contributed by atoms with Crippen LogP contribution in [-0.2, 0) is 6.42 Å². The molecule has 0 saturated heterocycles. The summed E-state index contributed by atoms with van der Waals surface area (Å²) < 4.78 is 0. The fourth-order valence-corrected chi connectivity index (χ4v) is 2.27. The van der Waals surface area contributed by atoms with Crippen LogP contribution in [0.2, 0.25) is 0 Å². The van der Waals surface area contributed by atoms with E-state index in [4.69, 9.17) is 11.5 Å². The molecule has 0 fully saturated rings. The molecule has 0 aliphatic heterocycles. The molecule has 0 saturated carbocycles. The summed E-state index contributed by atoms with van der Waals surface area (Å²) in [7, 11) is 0. The molecule has 5 heteroatoms. The standard InChI is InChI=1S/C14H17N5/c1-14(2,16)7-10-18-11-8-5-3-4-6-9(8)17-13(15)12(11)19-10/h3-6H,7,16H2,1-2H3,(H2,15,17)(H,18,19). The van der Waals surface area contributed by atoms with E-state index in [1.165, 1.54) is 0 Å². The Morgan fingerprint density at radius 1 is 1.21 bits per heavy atom. The average Bonchev–Trinajstić information content (AvgIpc) is 2.71. The van der Waals surface area contributed by atoms with Gasteiger partial charge in [-0.3, -0.25) is 0 Å². The number of hydrogen-bond acceptors (Lipinski definition) is 4. The van der Waals surface area contributed by atoms with Crippen LogP contribution in [-0.4, -0.2) is 20.5 Å². The topological polar surface area (TPSA) is 93.6 Å². The van der Waals surface area contributed by atoms with Gasteiger partial charge in [-0.15, -0.1) is 0 Å². The maximum absolute atomic E-state index is 6.03. The lowest BCUT2D eigenvalue weighted by Gasteiger charge is -2.15. The van der Waals surface area contributed by atoms with E-state index in [0.29, 0.717) is 12.2 Å². The van der Waals surface area contributed by atoms with Crippen LogP contribution < -0.4 is 11.5 Å². The number of imidazole rings is 1. The van der Waals surface area contributed by atoms with Crippen molar-refractivity contribution in [1.82, 2.24) is 15.0 Å². The van der Waals surface area contributed by atoms with E-state index in [2.05, 4.69) is 15.0 Å². The van der Waals surface area contributed by atoms with Crippen molar-refractivity contribution in [1.29, 1.82) is 0 Å². The number of fused-ring (bicyclic) bond motifs is 3. The van der Waals surface area contributed by atoms with Gasteiger partial charge in [0.2, 0.25) is 0 Å². The van der Waals surface area contributed by atoms with Crippen LogP contribution in [0.25, 0.3) is 21.9 Å². The highest BCUT2D eigenvalue weighted by Crippen LogP contribution is 2.26. The maximum Gasteiger partial charge on any atom is 0.150 e. The summed E-state index contributed by atoms with van der Waals surface area (Å²) in [4.78, 5) is 12.3. The summed E-state index contributed by atoms with van der Waals surface area (Å²) in [5, 5.41) is 1.00. The Balaban J connectivity index is 2.26. The van der Waals surface area contributed by atoms with Crippen LogP contribution in [0.15, 0.2) is 24.3 Å². The van der Waals surface area contributed by atoms with Gasteiger partial charge in [-0.2, -0.15) is 0 Å². The Bertz CT molecular complexity index is 751. The molecule has 0 bridgehead atoms. The molecule has 0 radical (unpaired) electrons. The zero-order valence-corrected chi connectivity index (χ0v) is 11.1. The molecular weight excluding hydrogens is 238 g/mol. The minimum absolute atomic E-state index is 0.314.